The van der Waals surface area contributed by atoms with Gasteiger partial charge in [-0.2, -0.15) is 0 Å². The van der Waals surface area contributed by atoms with Crippen LogP contribution in [0, 0.1) is 5.92 Å². The van der Waals surface area contributed by atoms with Gasteiger partial charge < -0.3 is 5.11 Å². The van der Waals surface area contributed by atoms with Gasteiger partial charge in [0.05, 0.1) is 0 Å². The second-order valence-corrected chi connectivity index (χ2v) is 5.55. The summed E-state index contributed by atoms with van der Waals surface area (Å²) in [5.41, 5.74) is -0.647. The Bertz CT molecular complexity index is 247. The molecular formula is C14H27NO2. The van der Waals surface area contributed by atoms with Crippen molar-refractivity contribution in [2.24, 2.45) is 5.92 Å². The summed E-state index contributed by atoms with van der Waals surface area (Å²) >= 11 is 0. The Hall–Kier alpha value is -0.570. The first kappa shape index (κ1) is 14.5. The summed E-state index contributed by atoms with van der Waals surface area (Å²) in [7, 11) is 0. The molecule has 0 aromatic heterocycles. The van der Waals surface area contributed by atoms with Gasteiger partial charge in [-0.05, 0) is 45.2 Å². The van der Waals surface area contributed by atoms with Crippen molar-refractivity contribution in [3.63, 3.8) is 0 Å². The molecule has 0 spiro atoms. The van der Waals surface area contributed by atoms with Crippen molar-refractivity contribution in [1.29, 1.82) is 0 Å². The number of aliphatic carboxylic acids is 1. The fourth-order valence-electron chi connectivity index (χ4n) is 3.01. The molecular weight excluding hydrogens is 214 g/mol. The van der Waals surface area contributed by atoms with E-state index >= 15 is 0 Å². The third kappa shape index (κ3) is 3.44. The molecule has 1 saturated heterocycles. The van der Waals surface area contributed by atoms with Crippen molar-refractivity contribution < 1.29 is 9.90 Å². The van der Waals surface area contributed by atoms with Gasteiger partial charge in [-0.1, -0.05) is 33.1 Å². The Labute approximate surface area is 105 Å². The van der Waals surface area contributed by atoms with Crippen molar-refractivity contribution in [1.82, 2.24) is 4.90 Å². The molecule has 1 heterocycles. The van der Waals surface area contributed by atoms with Crippen LogP contribution in [0.3, 0.4) is 0 Å². The summed E-state index contributed by atoms with van der Waals surface area (Å²) in [5.74, 6) is 0.157. The van der Waals surface area contributed by atoms with Gasteiger partial charge in [0.2, 0.25) is 0 Å². The van der Waals surface area contributed by atoms with Gasteiger partial charge in [-0.25, -0.2) is 0 Å². The fourth-order valence-corrected chi connectivity index (χ4v) is 3.01. The highest BCUT2D eigenvalue weighted by atomic mass is 16.4. The minimum absolute atomic E-state index is 0.647. The zero-order valence-corrected chi connectivity index (χ0v) is 11.5. The lowest BCUT2D eigenvalue weighted by Gasteiger charge is -2.42. The number of nitrogens with zero attached hydrogens (tertiary/aromatic N) is 1. The highest BCUT2D eigenvalue weighted by Gasteiger charge is 2.39. The minimum atomic E-state index is -0.659. The van der Waals surface area contributed by atoms with Gasteiger partial charge >= 0.3 is 5.97 Å². The predicted molar refractivity (Wildman–Crippen MR) is 70.2 cm³/mol. The standard InChI is InChI=1S/C14H27NO2/c1-4-6-12-7-10-15(11-8-12)14(3,9-5-2)13(16)17/h12H,4-11H2,1-3H3,(H,16,17). The molecule has 1 unspecified atom stereocenters. The van der Waals surface area contributed by atoms with Gasteiger partial charge in [-0.3, -0.25) is 9.69 Å². The zero-order valence-electron chi connectivity index (χ0n) is 11.5. The van der Waals surface area contributed by atoms with E-state index in [0.29, 0.717) is 0 Å². The second-order valence-electron chi connectivity index (χ2n) is 5.55. The van der Waals surface area contributed by atoms with Crippen LogP contribution in [0.2, 0.25) is 0 Å². The number of likely N-dealkylation sites (tertiary alicyclic amines) is 1. The van der Waals surface area contributed by atoms with Crippen molar-refractivity contribution in [2.75, 3.05) is 13.1 Å². The third-order valence-corrected chi connectivity index (χ3v) is 4.21. The van der Waals surface area contributed by atoms with Crippen LogP contribution < -0.4 is 0 Å². The van der Waals surface area contributed by atoms with E-state index in [9.17, 15) is 9.90 Å². The van der Waals surface area contributed by atoms with Crippen molar-refractivity contribution in [3.05, 3.63) is 0 Å². The molecule has 3 heteroatoms. The molecule has 0 radical (unpaired) electrons. The zero-order chi connectivity index (χ0) is 12.9. The van der Waals surface area contributed by atoms with Crippen LogP contribution in [0.25, 0.3) is 0 Å². The Morgan fingerprint density at radius 3 is 2.29 bits per heavy atom. The van der Waals surface area contributed by atoms with Crippen molar-refractivity contribution in [3.8, 4) is 0 Å². The maximum absolute atomic E-state index is 11.5. The number of carboxylic acid groups (broad SMARTS) is 1. The highest BCUT2D eigenvalue weighted by Crippen LogP contribution is 2.29. The van der Waals surface area contributed by atoms with Crippen molar-refractivity contribution in [2.45, 2.75) is 64.8 Å². The Kier molecular flexibility index (Phi) is 5.44. The van der Waals surface area contributed by atoms with Crippen LogP contribution >= 0.6 is 0 Å². The lowest BCUT2D eigenvalue weighted by molar-refractivity contribution is -0.152. The topological polar surface area (TPSA) is 40.5 Å². The Morgan fingerprint density at radius 1 is 1.29 bits per heavy atom. The maximum Gasteiger partial charge on any atom is 0.323 e. The van der Waals surface area contributed by atoms with E-state index in [0.717, 1.165) is 31.8 Å². The van der Waals surface area contributed by atoms with Gasteiger partial charge in [-0.15, -0.1) is 0 Å². The molecule has 3 nitrogen and oxygen atoms in total. The van der Waals surface area contributed by atoms with Gasteiger partial charge in [0.1, 0.15) is 5.54 Å². The molecule has 1 N–H and O–H groups in total. The Morgan fingerprint density at radius 2 is 1.88 bits per heavy atom. The first-order chi connectivity index (χ1) is 8.04. The number of rotatable bonds is 6. The average molecular weight is 241 g/mol. The van der Waals surface area contributed by atoms with E-state index in [4.69, 9.17) is 0 Å². The summed E-state index contributed by atoms with van der Waals surface area (Å²) in [6, 6.07) is 0. The monoisotopic (exact) mass is 241 g/mol. The summed E-state index contributed by atoms with van der Waals surface area (Å²) in [4.78, 5) is 13.7. The number of carbonyl (C=O) groups is 1. The first-order valence-corrected chi connectivity index (χ1v) is 7.03. The highest BCUT2D eigenvalue weighted by molar-refractivity contribution is 5.78. The van der Waals surface area contributed by atoms with Crippen LogP contribution in [0.5, 0.6) is 0 Å². The van der Waals surface area contributed by atoms with E-state index < -0.39 is 11.5 Å². The molecule has 1 aliphatic heterocycles. The lowest BCUT2D eigenvalue weighted by atomic mass is 9.87. The molecule has 100 valence electrons. The van der Waals surface area contributed by atoms with Crippen LogP contribution in [0.15, 0.2) is 0 Å². The summed E-state index contributed by atoms with van der Waals surface area (Å²) in [6.07, 6.45) is 6.56. The molecule has 0 aromatic rings. The molecule has 0 aromatic carbocycles. The summed E-state index contributed by atoms with van der Waals surface area (Å²) in [5, 5.41) is 9.44. The van der Waals surface area contributed by atoms with Crippen LogP contribution in [-0.2, 0) is 4.79 Å². The van der Waals surface area contributed by atoms with E-state index in [2.05, 4.69) is 18.7 Å². The number of piperidine rings is 1. The number of hydrogen-bond donors (Lipinski definition) is 1. The van der Waals surface area contributed by atoms with E-state index in [1.54, 1.807) is 0 Å². The number of hydrogen-bond acceptors (Lipinski definition) is 2. The smallest absolute Gasteiger partial charge is 0.323 e. The quantitative estimate of drug-likeness (QED) is 0.776. The molecule has 1 rings (SSSR count). The van der Waals surface area contributed by atoms with E-state index in [1.165, 1.54) is 25.7 Å². The summed E-state index contributed by atoms with van der Waals surface area (Å²) < 4.78 is 0. The molecule has 17 heavy (non-hydrogen) atoms. The van der Waals surface area contributed by atoms with E-state index in [1.807, 2.05) is 6.92 Å². The van der Waals surface area contributed by atoms with Crippen LogP contribution in [0.4, 0.5) is 0 Å². The minimum Gasteiger partial charge on any atom is -0.480 e. The maximum atomic E-state index is 11.5. The fraction of sp³-hybridized carbons (Fsp3) is 0.929. The molecule has 1 atom stereocenters. The van der Waals surface area contributed by atoms with Crippen LogP contribution in [-0.4, -0.2) is 34.6 Å². The first-order valence-electron chi connectivity index (χ1n) is 7.03. The molecule has 0 bridgehead atoms. The second kappa shape index (κ2) is 6.39. The largest absolute Gasteiger partial charge is 0.480 e. The molecule has 1 fully saturated rings. The van der Waals surface area contributed by atoms with E-state index in [-0.39, 0.29) is 0 Å². The molecule has 0 saturated carbocycles. The van der Waals surface area contributed by atoms with Crippen molar-refractivity contribution >= 4 is 5.97 Å². The molecule has 0 aliphatic carbocycles. The lowest BCUT2D eigenvalue weighted by Crippen LogP contribution is -2.55. The third-order valence-electron chi connectivity index (χ3n) is 4.21. The number of carboxylic acids is 1. The van der Waals surface area contributed by atoms with Gasteiger partial charge in [0, 0.05) is 0 Å². The van der Waals surface area contributed by atoms with Gasteiger partial charge in [0.25, 0.3) is 0 Å². The molecule has 0 amide bonds. The average Bonchev–Trinajstić information content (AvgIpc) is 2.30. The summed E-state index contributed by atoms with van der Waals surface area (Å²) in [6.45, 7) is 8.08. The predicted octanol–water partition coefficient (Wildman–Crippen LogP) is 3.14. The van der Waals surface area contributed by atoms with Crippen LogP contribution in [0.1, 0.15) is 59.3 Å². The Balaban J connectivity index is 2.58. The SMILES string of the molecule is CCCC1CCN(C(C)(CCC)C(=O)O)CC1. The molecule has 1 aliphatic rings. The normalized spacial score (nSPS) is 22.3. The van der Waals surface area contributed by atoms with Gasteiger partial charge in [0.15, 0.2) is 0 Å².